The minimum atomic E-state index is -0.155. The van der Waals surface area contributed by atoms with Gasteiger partial charge in [-0.05, 0) is 57.1 Å². The smallest absolute Gasteiger partial charge is 0.242 e. The summed E-state index contributed by atoms with van der Waals surface area (Å²) in [5.74, 6) is 2.13. The van der Waals surface area contributed by atoms with Gasteiger partial charge >= 0.3 is 0 Å². The number of nitrogens with zero attached hydrogens (tertiary/aromatic N) is 2. The lowest BCUT2D eigenvalue weighted by Crippen LogP contribution is -2.44. The molecule has 1 fully saturated rings. The number of nitrogens with one attached hydrogen (secondary N) is 3. The molecule has 0 spiro atoms. The van der Waals surface area contributed by atoms with Crippen LogP contribution in [0.3, 0.4) is 0 Å². The third-order valence-corrected chi connectivity index (χ3v) is 4.93. The van der Waals surface area contributed by atoms with Crippen LogP contribution >= 0.6 is 24.0 Å². The lowest BCUT2D eigenvalue weighted by molar-refractivity contribution is -0.119. The Morgan fingerprint density at radius 1 is 1.10 bits per heavy atom. The molecule has 2 aromatic rings. The van der Waals surface area contributed by atoms with Crippen molar-refractivity contribution in [3.63, 3.8) is 0 Å². The van der Waals surface area contributed by atoms with Gasteiger partial charge in [-0.2, -0.15) is 0 Å². The molecule has 1 saturated heterocycles. The average Bonchev–Trinajstić information content (AvgIpc) is 3.46. The highest BCUT2D eigenvalue weighted by molar-refractivity contribution is 14.0. The lowest BCUT2D eigenvalue weighted by atomic mass is 10.1. The molecule has 3 N–H and O–H groups in total. The molecule has 1 atom stereocenters. The predicted octanol–water partition coefficient (Wildman–Crippen LogP) is 2.89. The second-order valence-electron chi connectivity index (χ2n) is 7.06. The van der Waals surface area contributed by atoms with E-state index < -0.39 is 0 Å². The number of likely N-dealkylation sites (tertiary alicyclic amines) is 1. The monoisotopic (exact) mass is 529 g/mol. The van der Waals surface area contributed by atoms with Crippen molar-refractivity contribution >= 4 is 35.8 Å². The number of furan rings is 2. The van der Waals surface area contributed by atoms with E-state index in [1.54, 1.807) is 18.6 Å². The van der Waals surface area contributed by atoms with E-state index in [-0.39, 0.29) is 42.5 Å². The van der Waals surface area contributed by atoms with Crippen LogP contribution in [0.15, 0.2) is 50.6 Å². The maximum Gasteiger partial charge on any atom is 0.242 e. The van der Waals surface area contributed by atoms with Crippen molar-refractivity contribution in [3.8, 4) is 0 Å². The summed E-state index contributed by atoms with van der Waals surface area (Å²) < 4.78 is 10.9. The fraction of sp³-hybridized carbons (Fsp3) is 0.524. The molecule has 0 saturated carbocycles. The van der Waals surface area contributed by atoms with Crippen LogP contribution in [0.1, 0.15) is 43.7 Å². The number of piperidine rings is 1. The van der Waals surface area contributed by atoms with Crippen molar-refractivity contribution < 1.29 is 13.6 Å². The number of hydrogen-bond donors (Lipinski definition) is 3. The fourth-order valence-electron chi connectivity index (χ4n) is 3.46. The van der Waals surface area contributed by atoms with Gasteiger partial charge in [-0.25, -0.2) is 4.99 Å². The Morgan fingerprint density at radius 2 is 1.87 bits per heavy atom. The number of carbonyl (C=O) groups excluding carboxylic acids is 1. The molecule has 3 rings (SSSR count). The largest absolute Gasteiger partial charge is 0.468 e. The highest BCUT2D eigenvalue weighted by Gasteiger charge is 2.24. The molecule has 1 unspecified atom stereocenters. The van der Waals surface area contributed by atoms with Crippen molar-refractivity contribution in [1.82, 2.24) is 20.9 Å². The molecule has 0 aromatic carbocycles. The number of amides is 1. The third-order valence-electron chi connectivity index (χ3n) is 4.93. The van der Waals surface area contributed by atoms with E-state index in [1.807, 2.05) is 25.1 Å². The van der Waals surface area contributed by atoms with Crippen LogP contribution in [-0.2, 0) is 11.3 Å². The van der Waals surface area contributed by atoms with Crippen LogP contribution in [0.25, 0.3) is 0 Å². The first kappa shape index (κ1) is 24.3. The van der Waals surface area contributed by atoms with Crippen LogP contribution in [0, 0.1) is 0 Å². The lowest BCUT2D eigenvalue weighted by Gasteiger charge is -2.33. The minimum Gasteiger partial charge on any atom is -0.468 e. The molecule has 30 heavy (non-hydrogen) atoms. The Labute approximate surface area is 194 Å². The Bertz CT molecular complexity index is 743. The number of halogens is 1. The van der Waals surface area contributed by atoms with E-state index in [1.165, 1.54) is 19.3 Å². The molecule has 2 aromatic heterocycles. The average molecular weight is 529 g/mol. The molecule has 9 heteroatoms. The number of aliphatic imine (C=N–C) groups is 1. The van der Waals surface area contributed by atoms with Gasteiger partial charge in [0.25, 0.3) is 0 Å². The van der Waals surface area contributed by atoms with E-state index in [0.717, 1.165) is 31.2 Å². The maximum absolute atomic E-state index is 12.1. The number of hydrogen-bond acceptors (Lipinski definition) is 5. The van der Waals surface area contributed by atoms with Gasteiger partial charge in [0.2, 0.25) is 5.91 Å². The molecule has 3 heterocycles. The first-order valence-electron chi connectivity index (χ1n) is 10.3. The van der Waals surface area contributed by atoms with Gasteiger partial charge in [0.15, 0.2) is 5.96 Å². The van der Waals surface area contributed by atoms with Crippen LogP contribution in [0.2, 0.25) is 0 Å². The summed E-state index contributed by atoms with van der Waals surface area (Å²) in [4.78, 5) is 18.9. The van der Waals surface area contributed by atoms with Gasteiger partial charge in [0, 0.05) is 13.1 Å². The second kappa shape index (κ2) is 13.3. The molecule has 1 aliphatic rings. The first-order valence-corrected chi connectivity index (χ1v) is 10.3. The van der Waals surface area contributed by atoms with Crippen LogP contribution in [0.4, 0.5) is 0 Å². The quantitative estimate of drug-likeness (QED) is 0.263. The highest BCUT2D eigenvalue weighted by atomic mass is 127. The molecule has 166 valence electrons. The second-order valence-corrected chi connectivity index (χ2v) is 7.06. The zero-order valence-electron chi connectivity index (χ0n) is 17.4. The van der Waals surface area contributed by atoms with Crippen molar-refractivity contribution in [2.45, 2.75) is 38.8 Å². The van der Waals surface area contributed by atoms with Gasteiger partial charge in [0.05, 0.1) is 25.1 Å². The summed E-state index contributed by atoms with van der Waals surface area (Å²) >= 11 is 0. The molecule has 8 nitrogen and oxygen atoms in total. The Kier molecular flexibility index (Phi) is 10.8. The summed E-state index contributed by atoms with van der Waals surface area (Å²) in [6, 6.07) is 7.71. The molecule has 0 aliphatic carbocycles. The van der Waals surface area contributed by atoms with E-state index in [2.05, 4.69) is 25.8 Å². The summed E-state index contributed by atoms with van der Waals surface area (Å²) in [5.41, 5.74) is 0. The van der Waals surface area contributed by atoms with Crippen molar-refractivity contribution in [1.29, 1.82) is 0 Å². The van der Waals surface area contributed by atoms with Crippen molar-refractivity contribution in [2.75, 3.05) is 32.7 Å². The summed E-state index contributed by atoms with van der Waals surface area (Å²) in [7, 11) is 0. The van der Waals surface area contributed by atoms with Crippen molar-refractivity contribution in [3.05, 3.63) is 48.3 Å². The van der Waals surface area contributed by atoms with Gasteiger partial charge < -0.3 is 24.8 Å². The normalized spacial score (nSPS) is 15.8. The van der Waals surface area contributed by atoms with Gasteiger partial charge in [-0.15, -0.1) is 24.0 Å². The van der Waals surface area contributed by atoms with Crippen molar-refractivity contribution in [2.24, 2.45) is 4.99 Å². The van der Waals surface area contributed by atoms with E-state index in [9.17, 15) is 4.79 Å². The van der Waals surface area contributed by atoms with Crippen LogP contribution in [0.5, 0.6) is 0 Å². The van der Waals surface area contributed by atoms with E-state index >= 15 is 0 Å². The number of carbonyl (C=O) groups is 1. The van der Waals surface area contributed by atoms with E-state index in [4.69, 9.17) is 8.83 Å². The molecular weight excluding hydrogens is 497 g/mol. The Morgan fingerprint density at radius 3 is 2.53 bits per heavy atom. The molecular formula is C21H32IN5O3. The van der Waals surface area contributed by atoms with Gasteiger partial charge in [-0.1, -0.05) is 6.42 Å². The first-order chi connectivity index (χ1) is 14.3. The summed E-state index contributed by atoms with van der Waals surface area (Å²) in [5, 5.41) is 9.38. The molecule has 1 amide bonds. The Hall–Kier alpha value is -2.01. The minimum absolute atomic E-state index is 0. The topological polar surface area (TPSA) is 95.0 Å². The van der Waals surface area contributed by atoms with Crippen LogP contribution < -0.4 is 16.0 Å². The van der Waals surface area contributed by atoms with Gasteiger partial charge in [-0.3, -0.25) is 9.69 Å². The SMILES string of the molecule is CCNC(=NCC(=O)NCc1ccco1)NCC(c1ccco1)N1CCCCC1.I. The molecule has 0 radical (unpaired) electrons. The predicted molar refractivity (Wildman–Crippen MR) is 127 cm³/mol. The van der Waals surface area contributed by atoms with E-state index in [0.29, 0.717) is 19.0 Å². The zero-order valence-corrected chi connectivity index (χ0v) is 19.8. The number of guanidine groups is 1. The van der Waals surface area contributed by atoms with Crippen LogP contribution in [-0.4, -0.2) is 49.5 Å². The standard InChI is InChI=1S/C21H31N5O3.HI/c1-2-22-21(25-16-20(27)23-14-17-8-6-12-28-17)24-15-18(19-9-7-13-29-19)26-10-4-3-5-11-26;/h6-9,12-13,18H,2-5,10-11,14-16H2,1H3,(H,23,27)(H2,22,24,25);1H. The maximum atomic E-state index is 12.1. The molecule has 1 aliphatic heterocycles. The molecule has 0 bridgehead atoms. The summed E-state index contributed by atoms with van der Waals surface area (Å²) in [6.45, 7) is 5.92. The number of rotatable bonds is 9. The highest BCUT2D eigenvalue weighted by Crippen LogP contribution is 2.24. The summed E-state index contributed by atoms with van der Waals surface area (Å²) in [6.07, 6.45) is 7.01. The Balaban J connectivity index is 0.00000320. The zero-order chi connectivity index (χ0) is 20.3. The van der Waals surface area contributed by atoms with Gasteiger partial charge in [0.1, 0.15) is 18.1 Å². The third kappa shape index (κ3) is 7.67. The fourth-order valence-corrected chi connectivity index (χ4v) is 3.46.